The first-order valence-electron chi connectivity index (χ1n) is 9.99. The number of allylic oxidation sites excluding steroid dienone is 2. The molecule has 0 saturated carbocycles. The van der Waals surface area contributed by atoms with Crippen LogP contribution in [0.3, 0.4) is 0 Å². The predicted octanol–water partition coefficient (Wildman–Crippen LogP) is 3.98. The summed E-state index contributed by atoms with van der Waals surface area (Å²) in [6.45, 7) is 2.56. The Labute approximate surface area is 170 Å². The van der Waals surface area contributed by atoms with Crippen LogP contribution in [-0.4, -0.2) is 37.2 Å². The molecular formula is C23H25NO5. The van der Waals surface area contributed by atoms with Crippen molar-refractivity contribution in [2.45, 2.75) is 39.0 Å². The van der Waals surface area contributed by atoms with Gasteiger partial charge in [0.25, 0.3) is 5.91 Å². The number of benzene rings is 1. The minimum absolute atomic E-state index is 0.169. The summed E-state index contributed by atoms with van der Waals surface area (Å²) >= 11 is 0. The average Bonchev–Trinajstić information content (AvgIpc) is 3.29. The van der Waals surface area contributed by atoms with Crippen molar-refractivity contribution in [3.8, 4) is 11.5 Å². The Kier molecular flexibility index (Phi) is 5.43. The van der Waals surface area contributed by atoms with Gasteiger partial charge in [-0.2, -0.15) is 0 Å². The smallest absolute Gasteiger partial charge is 0.340 e. The van der Waals surface area contributed by atoms with Crippen molar-refractivity contribution < 1.29 is 23.8 Å². The summed E-state index contributed by atoms with van der Waals surface area (Å²) in [5.74, 6) is 0.637. The maximum absolute atomic E-state index is 13.2. The van der Waals surface area contributed by atoms with E-state index in [-0.39, 0.29) is 12.7 Å². The highest BCUT2D eigenvalue weighted by Crippen LogP contribution is 2.36. The number of carbonyl (C=O) groups excluding carboxylic acids is 2. The SMILES string of the molecule is COC(=O)C1=C(C)N(CCC2=CCCCC2)C(=O)/C1=C\c1ccc2c(c1)OCO2. The van der Waals surface area contributed by atoms with Gasteiger partial charge in [0.1, 0.15) is 0 Å². The normalized spacial score (nSPS) is 19.8. The van der Waals surface area contributed by atoms with Crippen LogP contribution in [0.15, 0.2) is 46.7 Å². The first kappa shape index (κ1) is 19.3. The van der Waals surface area contributed by atoms with Crippen LogP contribution in [0.5, 0.6) is 11.5 Å². The van der Waals surface area contributed by atoms with E-state index in [1.807, 2.05) is 12.1 Å². The summed E-state index contributed by atoms with van der Waals surface area (Å²) < 4.78 is 15.7. The summed E-state index contributed by atoms with van der Waals surface area (Å²) in [7, 11) is 1.33. The number of nitrogens with zero attached hydrogens (tertiary/aromatic N) is 1. The van der Waals surface area contributed by atoms with E-state index in [1.54, 1.807) is 24.0 Å². The van der Waals surface area contributed by atoms with Crippen molar-refractivity contribution in [3.05, 3.63) is 52.3 Å². The Bertz CT molecular complexity index is 941. The average molecular weight is 395 g/mol. The number of rotatable bonds is 5. The van der Waals surface area contributed by atoms with Crippen molar-refractivity contribution in [1.82, 2.24) is 4.90 Å². The molecule has 1 aliphatic carbocycles. The number of amides is 1. The summed E-state index contributed by atoms with van der Waals surface area (Å²) in [5.41, 5.74) is 3.48. The molecule has 0 radical (unpaired) electrons. The van der Waals surface area contributed by atoms with Gasteiger partial charge in [-0.25, -0.2) is 4.79 Å². The zero-order valence-corrected chi connectivity index (χ0v) is 16.8. The fourth-order valence-corrected chi connectivity index (χ4v) is 4.05. The first-order valence-corrected chi connectivity index (χ1v) is 9.99. The molecule has 0 saturated heterocycles. The minimum atomic E-state index is -0.498. The zero-order chi connectivity index (χ0) is 20.4. The van der Waals surface area contributed by atoms with Gasteiger partial charge in [-0.05, 0) is 62.8 Å². The lowest BCUT2D eigenvalue weighted by molar-refractivity contribution is -0.136. The molecule has 1 aromatic carbocycles. The van der Waals surface area contributed by atoms with Crippen molar-refractivity contribution in [3.63, 3.8) is 0 Å². The van der Waals surface area contributed by atoms with E-state index < -0.39 is 5.97 Å². The molecule has 0 unspecified atom stereocenters. The van der Waals surface area contributed by atoms with Gasteiger partial charge < -0.3 is 19.1 Å². The van der Waals surface area contributed by atoms with Crippen LogP contribution in [-0.2, 0) is 14.3 Å². The maximum atomic E-state index is 13.2. The predicted molar refractivity (Wildman–Crippen MR) is 108 cm³/mol. The van der Waals surface area contributed by atoms with Crippen LogP contribution in [0.4, 0.5) is 0 Å². The number of hydrogen-bond acceptors (Lipinski definition) is 5. The third-order valence-corrected chi connectivity index (χ3v) is 5.65. The number of fused-ring (bicyclic) bond motifs is 1. The molecule has 1 aromatic rings. The zero-order valence-electron chi connectivity index (χ0n) is 16.8. The topological polar surface area (TPSA) is 65.1 Å². The summed E-state index contributed by atoms with van der Waals surface area (Å²) in [4.78, 5) is 27.3. The Balaban J connectivity index is 1.62. The van der Waals surface area contributed by atoms with Crippen LogP contribution in [0.2, 0.25) is 0 Å². The quantitative estimate of drug-likeness (QED) is 0.429. The molecule has 29 heavy (non-hydrogen) atoms. The fourth-order valence-electron chi connectivity index (χ4n) is 4.05. The number of carbonyl (C=O) groups is 2. The molecule has 152 valence electrons. The van der Waals surface area contributed by atoms with Gasteiger partial charge in [0, 0.05) is 12.2 Å². The Morgan fingerprint density at radius 1 is 1.24 bits per heavy atom. The molecule has 0 bridgehead atoms. The van der Waals surface area contributed by atoms with E-state index in [2.05, 4.69) is 6.08 Å². The van der Waals surface area contributed by atoms with Crippen molar-refractivity contribution >= 4 is 18.0 Å². The monoisotopic (exact) mass is 395 g/mol. The molecular weight excluding hydrogens is 370 g/mol. The molecule has 0 spiro atoms. The lowest BCUT2D eigenvalue weighted by atomic mass is 9.97. The van der Waals surface area contributed by atoms with E-state index >= 15 is 0 Å². The van der Waals surface area contributed by atoms with Gasteiger partial charge in [0.2, 0.25) is 6.79 Å². The Morgan fingerprint density at radius 2 is 2.07 bits per heavy atom. The second kappa shape index (κ2) is 8.15. The summed E-state index contributed by atoms with van der Waals surface area (Å²) in [6, 6.07) is 5.45. The second-order valence-electron chi connectivity index (χ2n) is 7.44. The molecule has 2 aliphatic heterocycles. The largest absolute Gasteiger partial charge is 0.465 e. The molecule has 1 amide bonds. The maximum Gasteiger partial charge on any atom is 0.340 e. The number of ether oxygens (including phenoxy) is 3. The van der Waals surface area contributed by atoms with Gasteiger partial charge in [-0.1, -0.05) is 17.7 Å². The van der Waals surface area contributed by atoms with Crippen LogP contribution < -0.4 is 9.47 Å². The number of esters is 1. The van der Waals surface area contributed by atoms with E-state index in [0.29, 0.717) is 34.9 Å². The molecule has 0 fully saturated rings. The van der Waals surface area contributed by atoms with E-state index in [1.165, 1.54) is 25.5 Å². The molecule has 4 rings (SSSR count). The molecule has 3 aliphatic rings. The minimum Gasteiger partial charge on any atom is -0.465 e. The first-order chi connectivity index (χ1) is 14.1. The molecule has 6 nitrogen and oxygen atoms in total. The van der Waals surface area contributed by atoms with Crippen LogP contribution in [0.1, 0.15) is 44.6 Å². The van der Waals surface area contributed by atoms with Gasteiger partial charge in [0.05, 0.1) is 18.3 Å². The highest BCUT2D eigenvalue weighted by atomic mass is 16.7. The summed E-state index contributed by atoms with van der Waals surface area (Å²) in [6.07, 6.45) is 9.48. The van der Waals surface area contributed by atoms with E-state index in [0.717, 1.165) is 24.8 Å². The molecule has 6 heteroatoms. The van der Waals surface area contributed by atoms with Crippen LogP contribution >= 0.6 is 0 Å². The van der Waals surface area contributed by atoms with E-state index in [4.69, 9.17) is 14.2 Å². The van der Waals surface area contributed by atoms with Crippen LogP contribution in [0.25, 0.3) is 6.08 Å². The van der Waals surface area contributed by atoms with Gasteiger partial charge in [-0.3, -0.25) is 4.79 Å². The highest BCUT2D eigenvalue weighted by molar-refractivity contribution is 6.16. The Morgan fingerprint density at radius 3 is 2.83 bits per heavy atom. The van der Waals surface area contributed by atoms with Gasteiger partial charge in [0.15, 0.2) is 11.5 Å². The molecule has 0 aromatic heterocycles. The lowest BCUT2D eigenvalue weighted by Crippen LogP contribution is -2.26. The van der Waals surface area contributed by atoms with Crippen molar-refractivity contribution in [2.24, 2.45) is 0 Å². The highest BCUT2D eigenvalue weighted by Gasteiger charge is 2.36. The third kappa shape index (κ3) is 3.79. The van der Waals surface area contributed by atoms with Crippen LogP contribution in [0, 0.1) is 0 Å². The van der Waals surface area contributed by atoms with Crippen molar-refractivity contribution in [2.75, 3.05) is 20.4 Å². The van der Waals surface area contributed by atoms with Gasteiger partial charge >= 0.3 is 5.97 Å². The number of hydrogen-bond donors (Lipinski definition) is 0. The Hall–Kier alpha value is -3.02. The molecule has 0 atom stereocenters. The summed E-state index contributed by atoms with van der Waals surface area (Å²) in [5, 5.41) is 0. The standard InChI is InChI=1S/C23H25NO5/c1-15-21(23(26)27-2)18(12-17-8-9-19-20(13-17)29-14-28-19)22(25)24(15)11-10-16-6-4-3-5-7-16/h6,8-9,12-13H,3-5,7,10-11,14H2,1-2H3/b18-12-. The van der Waals surface area contributed by atoms with E-state index in [9.17, 15) is 9.59 Å². The molecule has 2 heterocycles. The lowest BCUT2D eigenvalue weighted by Gasteiger charge is -2.20. The van der Waals surface area contributed by atoms with Crippen molar-refractivity contribution in [1.29, 1.82) is 0 Å². The molecule has 0 N–H and O–H groups in total. The second-order valence-corrected chi connectivity index (χ2v) is 7.44. The fraction of sp³-hybridized carbons (Fsp3) is 0.391. The third-order valence-electron chi connectivity index (χ3n) is 5.65. The van der Waals surface area contributed by atoms with Gasteiger partial charge in [-0.15, -0.1) is 0 Å². The number of methoxy groups -OCH3 is 1.